The standard InChI is InChI=1S/C9H17N.C6H12N2.C6H12O2S.C6H10O.C6H6O.C6H10O.2C6H12.C6H10.C5H10O.C5H10.C5H8.C4H7N.C4H6O2.C4H8O.C4H8S.C3H5NO.C2H4O/c1-3-7-10-8-4-2-6-9(10)5-1;1-2-8-5-3-7(1)4-6-8;7-9(8)5-3-1-2-4-6-9;2*1-2-6-4-3-5(1)7-6;7-6-4-2-1-3-5-6;4*1-2-4-6-5-3-1;3*1-2-4-5-3-1;5-4-2-1-3-6-4;2*1-2-4-5-3-1;1-2-5-3-4-1;1-2-3-1/h9H,1-8H2;1-6H2;1-6H2;5-6H,1-4H2;1-6H;1-5H2;2*1-6H2;1-2H,3-6H2;1-5H2;1-5H2;1-2H,3-5H2;3H,1-2,4H2;1-3H2;2*1-4H2;3H,1-2H2;1-2H2. The average molecular weight is 1600 g/mol. The number of aliphatic imine (C=N–C) groups is 2. The van der Waals surface area contributed by atoms with Gasteiger partial charge in [0.2, 0.25) is 0 Å². The fraction of sp³-hybridized carbons (Fsp3) is 0.871. The van der Waals surface area contributed by atoms with Crippen LogP contribution in [0.5, 0.6) is 0 Å². The van der Waals surface area contributed by atoms with Crippen LogP contribution in [0.25, 0.3) is 0 Å². The Kier molecular flexibility index (Phi) is 64.5. The topological polar surface area (TPSA) is 171 Å². The third kappa shape index (κ3) is 61.2. The molecule has 0 aromatic rings. The highest BCUT2D eigenvalue weighted by Gasteiger charge is 2.32. The lowest BCUT2D eigenvalue weighted by atomic mass is 9.93. The minimum absolute atomic E-state index is 0.0463. The summed E-state index contributed by atoms with van der Waals surface area (Å²) in [4.78, 5) is 36.0. The number of allylic oxidation sites excluding steroid dienone is 4. The maximum Gasteiger partial charge on any atom is 0.305 e. The van der Waals surface area contributed by atoms with Crippen LogP contribution in [0.15, 0.2) is 58.6 Å². The van der Waals surface area contributed by atoms with Crippen molar-refractivity contribution in [1.29, 1.82) is 0 Å². The predicted molar refractivity (Wildman–Crippen MR) is 469 cm³/mol. The molecule has 0 unspecified atom stereocenters. The van der Waals surface area contributed by atoms with E-state index in [2.05, 4.69) is 99.3 Å². The largest absolute Gasteiger partial charge is 0.482 e. The van der Waals surface area contributed by atoms with E-state index in [1.165, 1.54) is 353 Å². The number of ether oxygens (including phenoxy) is 7. The van der Waals surface area contributed by atoms with Crippen LogP contribution in [0.2, 0.25) is 0 Å². The summed E-state index contributed by atoms with van der Waals surface area (Å²) in [5.41, 5.74) is 0. The number of hydrogen-bond acceptors (Lipinski definition) is 17. The molecule has 13 saturated heterocycles. The van der Waals surface area contributed by atoms with Crippen molar-refractivity contribution in [1.82, 2.24) is 14.7 Å². The SMILES string of the molecule is C1=CC2C=CC1O2.C1=CCCC1.C1=CCCCC1.C1=NCCC1.C1=NCCO1.C1CC2CCC1O2.C1CCCC1.C1CCCCC1.C1CCCCC1.C1CCN2CCCCC2C1.C1CCOC1.C1CCOCC1.C1CCSC1.C1CN2CCN1CC2.C1CO1.O=C1CCCCC1.O=C1CCCO1.O=S1(=O)CCCCCC1. The molecule has 0 aromatic heterocycles. The number of nitrogens with zero attached hydrogens (tertiary/aromatic N) is 5. The highest BCUT2D eigenvalue weighted by atomic mass is 32.2. The maximum atomic E-state index is 10.9. The smallest absolute Gasteiger partial charge is 0.305 e. The van der Waals surface area contributed by atoms with Crippen molar-refractivity contribution in [3.8, 4) is 0 Å². The lowest BCUT2D eigenvalue weighted by molar-refractivity contribution is -0.138. The van der Waals surface area contributed by atoms with E-state index in [0.29, 0.717) is 54.7 Å². The van der Waals surface area contributed by atoms with E-state index in [0.717, 1.165) is 123 Å². The number of rotatable bonds is 0. The fourth-order valence-electron chi connectivity index (χ4n) is 15.7. The van der Waals surface area contributed by atoms with Crippen LogP contribution in [-0.4, -0.2) is 219 Å². The monoisotopic (exact) mass is 1590 g/mol. The number of epoxide rings is 1. The number of carbonyl (C=O) groups is 2. The van der Waals surface area contributed by atoms with Gasteiger partial charge in [0.15, 0.2) is 6.40 Å². The average Bonchev–Trinajstić information content (AvgIpc) is 1.22. The van der Waals surface area contributed by atoms with Gasteiger partial charge < -0.3 is 38.1 Å². The molecule has 111 heavy (non-hydrogen) atoms. The summed E-state index contributed by atoms with van der Waals surface area (Å²) in [5, 5.41) is 0. The second kappa shape index (κ2) is 72.4. The van der Waals surface area contributed by atoms with Crippen molar-refractivity contribution >= 4 is 46.0 Å². The molecular formula is C93H167N5O11S2. The fourth-order valence-corrected chi connectivity index (χ4v) is 18.2. The van der Waals surface area contributed by atoms with Gasteiger partial charge in [-0.3, -0.25) is 29.4 Å². The van der Waals surface area contributed by atoms with E-state index in [1.807, 2.05) is 6.21 Å². The van der Waals surface area contributed by atoms with Gasteiger partial charge in [-0.15, -0.1) is 0 Å². The predicted octanol–water partition coefficient (Wildman–Crippen LogP) is 21.6. The van der Waals surface area contributed by atoms with Gasteiger partial charge in [0.25, 0.3) is 0 Å². The van der Waals surface area contributed by atoms with E-state index in [1.54, 1.807) is 0 Å². The molecule has 18 heteroatoms. The molecule has 0 atom stereocenters. The number of carbonyl (C=O) groups excluding carboxylic acids is 2. The van der Waals surface area contributed by atoms with E-state index >= 15 is 0 Å². The Morgan fingerprint density at radius 2 is 0.775 bits per heavy atom. The Morgan fingerprint density at radius 3 is 0.982 bits per heavy atom. The highest BCUT2D eigenvalue weighted by Crippen LogP contribution is 2.33. The lowest BCUT2D eigenvalue weighted by Gasteiger charge is -2.41. The summed E-state index contributed by atoms with van der Waals surface area (Å²) in [5.74, 6) is 4.10. The number of esters is 1. The van der Waals surface area contributed by atoms with Crippen molar-refractivity contribution in [3.05, 3.63) is 48.6 Å². The number of cyclic esters (lactones) is 1. The molecule has 642 valence electrons. The molecule has 17 aliphatic heterocycles. The second-order valence-electron chi connectivity index (χ2n) is 32.9. The molecule has 4 saturated carbocycles. The van der Waals surface area contributed by atoms with Crippen molar-refractivity contribution in [3.63, 3.8) is 0 Å². The number of sulfone groups is 1. The number of fused-ring (bicyclic) bond motifs is 8. The molecule has 23 aliphatic rings. The lowest BCUT2D eigenvalue weighted by Crippen LogP contribution is -2.55. The number of piperazine rings is 3. The second-order valence-corrected chi connectivity index (χ2v) is 36.5. The van der Waals surface area contributed by atoms with E-state index < -0.39 is 9.84 Å². The van der Waals surface area contributed by atoms with Crippen LogP contribution >= 0.6 is 11.8 Å². The Balaban J connectivity index is 0.000000211. The number of Topliss-reactive ketones (excluding diaryl/α,β-unsaturated/α-hetero) is 1. The minimum Gasteiger partial charge on any atom is -0.482 e. The zero-order chi connectivity index (χ0) is 78.2. The molecule has 0 aromatic carbocycles. The van der Waals surface area contributed by atoms with Crippen LogP contribution < -0.4 is 0 Å². The summed E-state index contributed by atoms with van der Waals surface area (Å²) in [7, 11) is -2.62. The quantitative estimate of drug-likeness (QED) is 0.127. The van der Waals surface area contributed by atoms with Gasteiger partial charge in [0, 0.05) is 97.5 Å². The summed E-state index contributed by atoms with van der Waals surface area (Å²) >= 11 is 2.07. The van der Waals surface area contributed by atoms with Gasteiger partial charge in [-0.05, 0) is 217 Å². The summed E-state index contributed by atoms with van der Waals surface area (Å²) in [6, 6.07) is 0.988. The third-order valence-electron chi connectivity index (χ3n) is 22.8. The molecule has 17 fully saturated rings. The Morgan fingerprint density at radius 1 is 0.351 bits per heavy atom. The van der Waals surface area contributed by atoms with Crippen LogP contribution in [0.1, 0.15) is 347 Å². The van der Waals surface area contributed by atoms with Crippen molar-refractivity contribution < 1.29 is 51.2 Å². The molecule has 6 aliphatic carbocycles. The first-order chi connectivity index (χ1) is 54.8. The summed E-state index contributed by atoms with van der Waals surface area (Å²) in [6.07, 6.45) is 94.6. The van der Waals surface area contributed by atoms with E-state index in [-0.39, 0.29) is 5.97 Å². The van der Waals surface area contributed by atoms with Gasteiger partial charge in [0.1, 0.15) is 22.2 Å². The Hall–Kier alpha value is -2.78. The molecule has 0 radical (unpaired) electrons. The Bertz CT molecular complexity index is 2130. The molecule has 17 heterocycles. The van der Waals surface area contributed by atoms with E-state index in [4.69, 9.17) is 18.9 Å². The van der Waals surface area contributed by atoms with Gasteiger partial charge in [-0.1, -0.05) is 190 Å². The summed E-state index contributed by atoms with van der Waals surface area (Å²) < 4.78 is 56.1. The van der Waals surface area contributed by atoms with Crippen molar-refractivity contribution in [2.75, 3.05) is 141 Å². The summed E-state index contributed by atoms with van der Waals surface area (Å²) in [6.45, 7) is 20.0. The molecular weight excluding hydrogens is 1430 g/mol. The van der Waals surface area contributed by atoms with Crippen molar-refractivity contribution in [2.45, 2.75) is 377 Å². The third-order valence-corrected chi connectivity index (χ3v) is 25.8. The number of thioether (sulfide) groups is 1. The molecule has 16 nitrogen and oxygen atoms in total. The molecule has 0 amide bonds. The highest BCUT2D eigenvalue weighted by molar-refractivity contribution is 7.99. The van der Waals surface area contributed by atoms with Crippen LogP contribution in [0, 0.1) is 0 Å². The van der Waals surface area contributed by atoms with Gasteiger partial charge >= 0.3 is 5.97 Å². The van der Waals surface area contributed by atoms with Gasteiger partial charge in [0.05, 0.1) is 62.3 Å². The first kappa shape index (κ1) is 98.8. The zero-order valence-corrected chi connectivity index (χ0v) is 72.6. The number of ketones is 1. The molecule has 0 N–H and O–H groups in total. The normalized spacial score (nSPS) is 28.1. The van der Waals surface area contributed by atoms with Crippen LogP contribution in [0.3, 0.4) is 0 Å². The maximum absolute atomic E-state index is 10.9. The molecule has 23 rings (SSSR count). The van der Waals surface area contributed by atoms with Crippen LogP contribution in [0.4, 0.5) is 0 Å². The van der Waals surface area contributed by atoms with Gasteiger partial charge in [-0.25, -0.2) is 8.42 Å². The molecule has 6 bridgehead atoms. The first-order valence-corrected chi connectivity index (χ1v) is 49.7. The van der Waals surface area contributed by atoms with E-state index in [9.17, 15) is 18.0 Å². The molecule has 0 spiro atoms. The van der Waals surface area contributed by atoms with Crippen molar-refractivity contribution in [2.24, 2.45) is 9.98 Å². The first-order valence-electron chi connectivity index (χ1n) is 46.7. The number of hydrogen-bond donors (Lipinski definition) is 0. The Labute approximate surface area is 684 Å². The number of piperidine rings is 2. The minimum atomic E-state index is -2.62. The van der Waals surface area contributed by atoms with Crippen LogP contribution in [-0.2, 0) is 52.6 Å². The van der Waals surface area contributed by atoms with Gasteiger partial charge in [-0.2, -0.15) is 11.8 Å². The zero-order valence-electron chi connectivity index (χ0n) is 70.9.